The van der Waals surface area contributed by atoms with Crippen LogP contribution in [0, 0.1) is 13.8 Å². The molecule has 0 amide bonds. The molecule has 0 fully saturated rings. The van der Waals surface area contributed by atoms with E-state index in [0.717, 1.165) is 16.5 Å². The number of hydrogen-bond acceptors (Lipinski definition) is 3. The largest absolute Gasteiger partial charge is 0.228 e. The van der Waals surface area contributed by atoms with Gasteiger partial charge in [0.1, 0.15) is 0 Å². The number of rotatable bonds is 2. The number of nitrogens with zero attached hydrogens (tertiary/aromatic N) is 2. The summed E-state index contributed by atoms with van der Waals surface area (Å²) in [5.74, 6) is 0. The normalized spacial score (nSPS) is 10.1. The molecule has 0 saturated carbocycles. The molecule has 0 aliphatic rings. The van der Waals surface area contributed by atoms with Crippen molar-refractivity contribution in [2.24, 2.45) is 0 Å². The maximum Gasteiger partial charge on any atom is 0.189 e. The zero-order valence-electron chi connectivity index (χ0n) is 6.47. The average molecular weight is 189 g/mol. The first-order chi connectivity index (χ1) is 5.22. The molecule has 0 unspecified atom stereocenters. The molecule has 0 bridgehead atoms. The van der Waals surface area contributed by atoms with Crippen LogP contribution in [0.5, 0.6) is 0 Å². The van der Waals surface area contributed by atoms with E-state index >= 15 is 0 Å². The third kappa shape index (κ3) is 2.67. The lowest BCUT2D eigenvalue weighted by atomic mass is 10.4. The second kappa shape index (κ2) is 3.93. The van der Waals surface area contributed by atoms with Crippen LogP contribution in [0.15, 0.2) is 11.2 Å². The van der Waals surface area contributed by atoms with Crippen molar-refractivity contribution in [1.82, 2.24) is 9.97 Å². The summed E-state index contributed by atoms with van der Waals surface area (Å²) in [7, 11) is 0. The van der Waals surface area contributed by atoms with Gasteiger partial charge in [0.15, 0.2) is 5.16 Å². The summed E-state index contributed by atoms with van der Waals surface area (Å²) >= 11 is 6.97. The molecule has 0 aliphatic carbocycles. The van der Waals surface area contributed by atoms with E-state index < -0.39 is 0 Å². The minimum atomic E-state index is 0.503. The van der Waals surface area contributed by atoms with Crippen LogP contribution in [0.4, 0.5) is 0 Å². The van der Waals surface area contributed by atoms with Crippen LogP contribution in [0.2, 0.25) is 0 Å². The zero-order valence-corrected chi connectivity index (χ0v) is 8.04. The van der Waals surface area contributed by atoms with Gasteiger partial charge in [-0.3, -0.25) is 0 Å². The molecule has 60 valence electrons. The van der Waals surface area contributed by atoms with Gasteiger partial charge in [-0.05, 0) is 19.9 Å². The van der Waals surface area contributed by atoms with E-state index in [4.69, 9.17) is 11.6 Å². The third-order valence-electron chi connectivity index (χ3n) is 1.15. The fourth-order valence-corrected chi connectivity index (χ4v) is 1.61. The predicted molar refractivity (Wildman–Crippen MR) is 48.1 cm³/mol. The van der Waals surface area contributed by atoms with Crippen LogP contribution in [-0.2, 0) is 0 Å². The Morgan fingerprint density at radius 2 is 1.91 bits per heavy atom. The fraction of sp³-hybridized carbons (Fsp3) is 0.429. The minimum Gasteiger partial charge on any atom is -0.228 e. The van der Waals surface area contributed by atoms with Crippen molar-refractivity contribution < 1.29 is 0 Å². The van der Waals surface area contributed by atoms with E-state index in [1.165, 1.54) is 11.8 Å². The standard InChI is InChI=1S/C7H9ClN2S/c1-5-3-6(2)10-7(9-5)11-4-8/h3H,4H2,1-2H3. The highest BCUT2D eigenvalue weighted by Crippen LogP contribution is 2.14. The van der Waals surface area contributed by atoms with Crippen molar-refractivity contribution in [1.29, 1.82) is 0 Å². The van der Waals surface area contributed by atoms with Gasteiger partial charge in [-0.1, -0.05) is 11.8 Å². The Labute approximate surface area is 75.4 Å². The summed E-state index contributed by atoms with van der Waals surface area (Å²) < 4.78 is 0. The number of aryl methyl sites for hydroxylation is 2. The lowest BCUT2D eigenvalue weighted by Crippen LogP contribution is -1.91. The van der Waals surface area contributed by atoms with Gasteiger partial charge in [0.2, 0.25) is 0 Å². The molecule has 0 spiro atoms. The van der Waals surface area contributed by atoms with Gasteiger partial charge < -0.3 is 0 Å². The van der Waals surface area contributed by atoms with Crippen molar-refractivity contribution in [2.45, 2.75) is 19.0 Å². The van der Waals surface area contributed by atoms with Gasteiger partial charge in [-0.15, -0.1) is 11.6 Å². The molecular formula is C7H9ClN2S. The van der Waals surface area contributed by atoms with Crippen LogP contribution in [0.1, 0.15) is 11.4 Å². The number of alkyl halides is 1. The van der Waals surface area contributed by atoms with E-state index in [9.17, 15) is 0 Å². The fourth-order valence-electron chi connectivity index (χ4n) is 0.807. The summed E-state index contributed by atoms with van der Waals surface area (Å²) in [5, 5.41) is 1.26. The highest BCUT2D eigenvalue weighted by atomic mass is 35.5. The Hall–Kier alpha value is -0.280. The average Bonchev–Trinajstić information content (AvgIpc) is 1.85. The second-order valence-electron chi connectivity index (χ2n) is 2.19. The topological polar surface area (TPSA) is 25.8 Å². The number of hydrogen-bond donors (Lipinski definition) is 0. The Morgan fingerprint density at radius 1 is 1.36 bits per heavy atom. The van der Waals surface area contributed by atoms with Crippen LogP contribution < -0.4 is 0 Å². The van der Waals surface area contributed by atoms with Crippen molar-refractivity contribution in [3.05, 3.63) is 17.5 Å². The van der Waals surface area contributed by atoms with Gasteiger partial charge in [0.05, 0.1) is 5.21 Å². The first-order valence-electron chi connectivity index (χ1n) is 3.23. The Kier molecular flexibility index (Phi) is 3.15. The van der Waals surface area contributed by atoms with Crippen LogP contribution in [0.3, 0.4) is 0 Å². The van der Waals surface area contributed by atoms with Crippen LogP contribution in [-0.4, -0.2) is 15.2 Å². The Morgan fingerprint density at radius 3 is 2.36 bits per heavy atom. The zero-order chi connectivity index (χ0) is 8.27. The molecule has 0 aromatic carbocycles. The van der Waals surface area contributed by atoms with E-state index in [2.05, 4.69) is 9.97 Å². The Bertz CT molecular complexity index is 232. The number of thioether (sulfide) groups is 1. The predicted octanol–water partition coefficient (Wildman–Crippen LogP) is 2.38. The summed E-state index contributed by atoms with van der Waals surface area (Å²) in [6.07, 6.45) is 0. The van der Waals surface area contributed by atoms with Crippen molar-refractivity contribution >= 4 is 23.4 Å². The number of halogens is 1. The second-order valence-corrected chi connectivity index (χ2v) is 3.71. The smallest absolute Gasteiger partial charge is 0.189 e. The summed E-state index contributed by atoms with van der Waals surface area (Å²) in [5.41, 5.74) is 1.98. The van der Waals surface area contributed by atoms with Crippen molar-refractivity contribution in [3.8, 4) is 0 Å². The molecule has 1 heterocycles. The van der Waals surface area contributed by atoms with E-state index in [0.29, 0.717) is 5.21 Å². The van der Waals surface area contributed by atoms with Crippen molar-refractivity contribution in [2.75, 3.05) is 5.21 Å². The van der Waals surface area contributed by atoms with Gasteiger partial charge in [0, 0.05) is 11.4 Å². The van der Waals surface area contributed by atoms with Gasteiger partial charge >= 0.3 is 0 Å². The molecular weight excluding hydrogens is 180 g/mol. The maximum absolute atomic E-state index is 5.52. The van der Waals surface area contributed by atoms with Gasteiger partial charge in [-0.2, -0.15) is 0 Å². The summed E-state index contributed by atoms with van der Waals surface area (Å²) in [4.78, 5) is 8.38. The molecule has 1 aromatic heterocycles. The van der Waals surface area contributed by atoms with Crippen LogP contribution >= 0.6 is 23.4 Å². The molecule has 11 heavy (non-hydrogen) atoms. The Balaban J connectivity index is 2.89. The lowest BCUT2D eigenvalue weighted by molar-refractivity contribution is 0.904. The molecule has 0 radical (unpaired) electrons. The SMILES string of the molecule is Cc1cc(C)nc(SCCl)n1. The minimum absolute atomic E-state index is 0.503. The third-order valence-corrected chi connectivity index (χ3v) is 2.02. The molecule has 1 aromatic rings. The van der Waals surface area contributed by atoms with Gasteiger partial charge in [-0.25, -0.2) is 9.97 Å². The van der Waals surface area contributed by atoms with Crippen molar-refractivity contribution in [3.63, 3.8) is 0 Å². The van der Waals surface area contributed by atoms with Crippen LogP contribution in [0.25, 0.3) is 0 Å². The summed E-state index contributed by atoms with van der Waals surface area (Å²) in [6, 6.07) is 1.94. The molecule has 1 rings (SSSR count). The number of aromatic nitrogens is 2. The molecule has 0 atom stereocenters. The molecule has 0 aliphatic heterocycles. The molecule has 0 N–H and O–H groups in total. The maximum atomic E-state index is 5.52. The first-order valence-corrected chi connectivity index (χ1v) is 4.75. The molecule has 2 nitrogen and oxygen atoms in total. The monoisotopic (exact) mass is 188 g/mol. The highest BCUT2D eigenvalue weighted by molar-refractivity contribution is 8.00. The van der Waals surface area contributed by atoms with E-state index in [-0.39, 0.29) is 0 Å². The molecule has 4 heteroatoms. The highest BCUT2D eigenvalue weighted by Gasteiger charge is 1.97. The molecule has 0 saturated heterocycles. The lowest BCUT2D eigenvalue weighted by Gasteiger charge is -1.98. The quantitative estimate of drug-likeness (QED) is 0.405. The van der Waals surface area contributed by atoms with E-state index in [1.807, 2.05) is 19.9 Å². The van der Waals surface area contributed by atoms with Gasteiger partial charge in [0.25, 0.3) is 0 Å². The van der Waals surface area contributed by atoms with E-state index in [1.54, 1.807) is 0 Å². The first kappa shape index (κ1) is 8.81. The summed E-state index contributed by atoms with van der Waals surface area (Å²) in [6.45, 7) is 3.90.